The third kappa shape index (κ3) is 2.11. The van der Waals surface area contributed by atoms with Gasteiger partial charge >= 0.3 is 0 Å². The summed E-state index contributed by atoms with van der Waals surface area (Å²) in [4.78, 5) is 30.7. The van der Waals surface area contributed by atoms with Crippen molar-refractivity contribution in [1.29, 1.82) is 0 Å². The first-order valence-electron chi connectivity index (χ1n) is 7.16. The maximum absolute atomic E-state index is 12.4. The Hall–Kier alpha value is -2.83. The molecule has 4 rings (SSSR count). The molecule has 7 nitrogen and oxygen atoms in total. The van der Waals surface area contributed by atoms with Gasteiger partial charge in [0.15, 0.2) is 0 Å². The first-order chi connectivity index (χ1) is 10.8. The highest BCUT2D eigenvalue weighted by Gasteiger charge is 2.29. The Balaban J connectivity index is 1.58. The molecule has 1 unspecified atom stereocenters. The van der Waals surface area contributed by atoms with Crippen LogP contribution >= 0.6 is 0 Å². The number of carbonyl (C=O) groups is 1. The first kappa shape index (κ1) is 12.9. The lowest BCUT2D eigenvalue weighted by Crippen LogP contribution is -2.29. The standard InChI is InChI=1S/C15H14N6O/c22-14(12-9-16-4-5-17-12)20-7-2-11(10-20)13-1-3-18-15-19-6-8-21(13)15/h1,3-6,8-9,11H,2,7,10H2. The highest BCUT2D eigenvalue weighted by Crippen LogP contribution is 2.27. The van der Waals surface area contributed by atoms with Crippen molar-refractivity contribution in [3.05, 3.63) is 54.6 Å². The zero-order chi connectivity index (χ0) is 14.9. The molecule has 3 aromatic heterocycles. The Morgan fingerprint density at radius 2 is 2.05 bits per heavy atom. The summed E-state index contributed by atoms with van der Waals surface area (Å²) in [5.74, 6) is 0.906. The molecule has 0 saturated carbocycles. The molecule has 0 spiro atoms. The van der Waals surface area contributed by atoms with Gasteiger partial charge in [-0.05, 0) is 12.5 Å². The van der Waals surface area contributed by atoms with Gasteiger partial charge in [-0.1, -0.05) is 0 Å². The van der Waals surface area contributed by atoms with Crippen LogP contribution in [0.15, 0.2) is 43.2 Å². The van der Waals surface area contributed by atoms with Gasteiger partial charge in [0.1, 0.15) is 5.69 Å². The zero-order valence-electron chi connectivity index (χ0n) is 11.8. The topological polar surface area (TPSA) is 76.3 Å². The molecule has 0 N–H and O–H groups in total. The lowest BCUT2D eigenvalue weighted by molar-refractivity contribution is 0.0784. The van der Waals surface area contributed by atoms with E-state index in [-0.39, 0.29) is 11.8 Å². The van der Waals surface area contributed by atoms with Crippen LogP contribution in [-0.4, -0.2) is 48.2 Å². The maximum Gasteiger partial charge on any atom is 0.274 e. The van der Waals surface area contributed by atoms with E-state index in [1.165, 1.54) is 6.20 Å². The fraction of sp³-hybridized carbons (Fsp3) is 0.267. The first-order valence-corrected chi connectivity index (χ1v) is 7.16. The highest BCUT2D eigenvalue weighted by atomic mass is 16.2. The predicted octanol–water partition coefficient (Wildman–Crippen LogP) is 1.15. The van der Waals surface area contributed by atoms with Crippen LogP contribution in [0, 0.1) is 0 Å². The third-order valence-electron chi connectivity index (χ3n) is 4.01. The van der Waals surface area contributed by atoms with Crippen LogP contribution in [0.25, 0.3) is 5.78 Å². The molecule has 0 radical (unpaired) electrons. The number of carbonyl (C=O) groups excluding carboxylic acids is 1. The molecule has 0 bridgehead atoms. The van der Waals surface area contributed by atoms with Crippen LogP contribution in [0.3, 0.4) is 0 Å². The normalized spacial score (nSPS) is 18.0. The highest BCUT2D eigenvalue weighted by molar-refractivity contribution is 5.92. The van der Waals surface area contributed by atoms with Crippen molar-refractivity contribution in [2.45, 2.75) is 12.3 Å². The Labute approximate surface area is 126 Å². The van der Waals surface area contributed by atoms with Gasteiger partial charge in [-0.25, -0.2) is 15.0 Å². The minimum absolute atomic E-state index is 0.0634. The van der Waals surface area contributed by atoms with E-state index in [0.717, 1.165) is 18.7 Å². The van der Waals surface area contributed by atoms with Crippen molar-refractivity contribution in [2.75, 3.05) is 13.1 Å². The van der Waals surface area contributed by atoms with Crippen LogP contribution in [0.5, 0.6) is 0 Å². The average molecular weight is 294 g/mol. The van der Waals surface area contributed by atoms with Gasteiger partial charge in [-0.15, -0.1) is 0 Å². The molecule has 1 aliphatic heterocycles. The number of fused-ring (bicyclic) bond motifs is 1. The van der Waals surface area contributed by atoms with E-state index in [4.69, 9.17) is 0 Å². The largest absolute Gasteiger partial charge is 0.337 e. The van der Waals surface area contributed by atoms with Gasteiger partial charge in [0.2, 0.25) is 5.78 Å². The van der Waals surface area contributed by atoms with Crippen molar-refractivity contribution in [1.82, 2.24) is 29.2 Å². The summed E-state index contributed by atoms with van der Waals surface area (Å²) in [6.07, 6.45) is 11.0. The molecule has 7 heteroatoms. The van der Waals surface area contributed by atoms with Crippen LogP contribution < -0.4 is 0 Å². The molecule has 1 atom stereocenters. The van der Waals surface area contributed by atoms with E-state index in [1.54, 1.807) is 24.8 Å². The Kier molecular flexibility index (Phi) is 3.03. The van der Waals surface area contributed by atoms with Gasteiger partial charge in [-0.3, -0.25) is 14.2 Å². The molecular weight excluding hydrogens is 280 g/mol. The number of rotatable bonds is 2. The molecule has 1 amide bonds. The van der Waals surface area contributed by atoms with Crippen LogP contribution in [0.2, 0.25) is 0 Å². The van der Waals surface area contributed by atoms with Crippen molar-refractivity contribution in [3.8, 4) is 0 Å². The van der Waals surface area contributed by atoms with Crippen LogP contribution in [-0.2, 0) is 0 Å². The van der Waals surface area contributed by atoms with Crippen molar-refractivity contribution in [2.24, 2.45) is 0 Å². The molecular formula is C15H14N6O. The Bertz CT molecular complexity index is 815. The monoisotopic (exact) mass is 294 g/mol. The second-order valence-electron chi connectivity index (χ2n) is 5.29. The number of imidazole rings is 1. The van der Waals surface area contributed by atoms with E-state index >= 15 is 0 Å². The van der Waals surface area contributed by atoms with E-state index in [1.807, 2.05) is 21.6 Å². The molecule has 0 aliphatic carbocycles. The molecule has 1 fully saturated rings. The Morgan fingerprint density at radius 3 is 2.91 bits per heavy atom. The summed E-state index contributed by atoms with van der Waals surface area (Å²) >= 11 is 0. The molecule has 110 valence electrons. The SMILES string of the molecule is O=C(c1cnccn1)N1CCC(c2ccnc3nccn23)C1. The number of hydrogen-bond donors (Lipinski definition) is 0. The second-order valence-corrected chi connectivity index (χ2v) is 5.29. The van der Waals surface area contributed by atoms with Gasteiger partial charge in [0, 0.05) is 55.7 Å². The van der Waals surface area contributed by atoms with Crippen LogP contribution in [0.4, 0.5) is 0 Å². The van der Waals surface area contributed by atoms with E-state index in [2.05, 4.69) is 19.9 Å². The van der Waals surface area contributed by atoms with Crippen molar-refractivity contribution >= 4 is 11.7 Å². The van der Waals surface area contributed by atoms with Gasteiger partial charge in [0.25, 0.3) is 5.91 Å². The summed E-state index contributed by atoms with van der Waals surface area (Å²) < 4.78 is 1.99. The fourth-order valence-electron chi connectivity index (χ4n) is 2.94. The van der Waals surface area contributed by atoms with Crippen molar-refractivity contribution < 1.29 is 4.79 Å². The minimum atomic E-state index is -0.0634. The quantitative estimate of drug-likeness (QED) is 0.708. The molecule has 3 aromatic rings. The molecule has 1 aliphatic rings. The maximum atomic E-state index is 12.4. The van der Waals surface area contributed by atoms with Crippen molar-refractivity contribution in [3.63, 3.8) is 0 Å². The number of amides is 1. The summed E-state index contributed by atoms with van der Waals surface area (Å²) in [5.41, 5.74) is 1.53. The number of likely N-dealkylation sites (tertiary alicyclic amines) is 1. The van der Waals surface area contributed by atoms with E-state index < -0.39 is 0 Å². The fourth-order valence-corrected chi connectivity index (χ4v) is 2.94. The summed E-state index contributed by atoms with van der Waals surface area (Å²) in [5, 5.41) is 0. The van der Waals surface area contributed by atoms with Crippen LogP contribution in [0.1, 0.15) is 28.5 Å². The van der Waals surface area contributed by atoms with Gasteiger partial charge < -0.3 is 4.90 Å². The van der Waals surface area contributed by atoms with E-state index in [9.17, 15) is 4.79 Å². The summed E-state index contributed by atoms with van der Waals surface area (Å²) in [6.45, 7) is 1.39. The summed E-state index contributed by atoms with van der Waals surface area (Å²) in [7, 11) is 0. The zero-order valence-corrected chi connectivity index (χ0v) is 11.8. The second kappa shape index (κ2) is 5.18. The smallest absolute Gasteiger partial charge is 0.274 e. The lowest BCUT2D eigenvalue weighted by Gasteiger charge is -2.16. The number of nitrogens with zero attached hydrogens (tertiary/aromatic N) is 6. The molecule has 0 aromatic carbocycles. The average Bonchev–Trinajstić information content (AvgIpc) is 3.24. The lowest BCUT2D eigenvalue weighted by atomic mass is 10.0. The van der Waals surface area contributed by atoms with Gasteiger partial charge in [-0.2, -0.15) is 0 Å². The minimum Gasteiger partial charge on any atom is -0.337 e. The Morgan fingerprint density at radius 1 is 1.14 bits per heavy atom. The van der Waals surface area contributed by atoms with Gasteiger partial charge in [0.05, 0.1) is 6.20 Å². The number of hydrogen-bond acceptors (Lipinski definition) is 5. The predicted molar refractivity (Wildman–Crippen MR) is 78.3 cm³/mol. The molecule has 1 saturated heterocycles. The summed E-state index contributed by atoms with van der Waals surface area (Å²) in [6, 6.07) is 2.00. The molecule has 4 heterocycles. The number of aromatic nitrogens is 5. The van der Waals surface area contributed by atoms with E-state index in [0.29, 0.717) is 18.0 Å². The third-order valence-corrected chi connectivity index (χ3v) is 4.01. The molecule has 22 heavy (non-hydrogen) atoms.